The lowest BCUT2D eigenvalue weighted by Crippen LogP contribution is -2.61. The Morgan fingerprint density at radius 1 is 1.53 bits per heavy atom. The minimum atomic E-state index is -0.617. The third kappa shape index (κ3) is 2.19. The molecule has 2 atom stereocenters. The van der Waals surface area contributed by atoms with Crippen LogP contribution in [0.1, 0.15) is 31.9 Å². The molecule has 0 aliphatic carbocycles. The van der Waals surface area contributed by atoms with Crippen molar-refractivity contribution in [3.05, 3.63) is 35.6 Å². The molecule has 0 radical (unpaired) electrons. The summed E-state index contributed by atoms with van der Waals surface area (Å²) in [5, 5.41) is 13.2. The molecule has 1 fully saturated rings. The van der Waals surface area contributed by atoms with Gasteiger partial charge in [-0.15, -0.1) is 0 Å². The van der Waals surface area contributed by atoms with Gasteiger partial charge in [-0.05, 0) is 38.0 Å². The first-order valence-electron chi connectivity index (χ1n) is 5.19. The van der Waals surface area contributed by atoms with Gasteiger partial charge in [0.05, 0.1) is 6.10 Å². The van der Waals surface area contributed by atoms with Crippen molar-refractivity contribution in [3.63, 3.8) is 0 Å². The zero-order chi connectivity index (χ0) is 11.1. The Kier molecular flexibility index (Phi) is 2.52. The summed E-state index contributed by atoms with van der Waals surface area (Å²) in [5.74, 6) is -0.301. The van der Waals surface area contributed by atoms with Crippen molar-refractivity contribution in [1.29, 1.82) is 0 Å². The van der Waals surface area contributed by atoms with Crippen LogP contribution in [-0.2, 0) is 0 Å². The number of rotatable bonds is 2. The fraction of sp³-hybridized carbons (Fsp3) is 0.500. The fourth-order valence-electron chi connectivity index (χ4n) is 2.14. The second-order valence-corrected chi connectivity index (χ2v) is 4.84. The molecule has 2 nitrogen and oxygen atoms in total. The number of aliphatic hydroxyl groups excluding tert-OH is 1. The van der Waals surface area contributed by atoms with E-state index in [1.54, 1.807) is 12.1 Å². The molecule has 1 unspecified atom stereocenters. The lowest BCUT2D eigenvalue weighted by molar-refractivity contribution is 0.0388. The van der Waals surface area contributed by atoms with E-state index in [2.05, 4.69) is 19.2 Å². The van der Waals surface area contributed by atoms with Gasteiger partial charge in [0.2, 0.25) is 0 Å². The van der Waals surface area contributed by atoms with E-state index in [0.717, 1.165) is 6.42 Å². The summed E-state index contributed by atoms with van der Waals surface area (Å²) < 4.78 is 12.9. The standard InChI is InChI=1S/C12H16FNO/c1-12(2)7-10(14-12)11(15)8-4-3-5-9(13)6-8/h3-6,10-11,14-15H,7H2,1-2H3/t10-,11?/m1/s1. The molecular formula is C12H16FNO. The quantitative estimate of drug-likeness (QED) is 0.780. The predicted molar refractivity (Wildman–Crippen MR) is 57.0 cm³/mol. The van der Waals surface area contributed by atoms with Crippen LogP contribution in [0.4, 0.5) is 4.39 Å². The van der Waals surface area contributed by atoms with E-state index in [-0.39, 0.29) is 17.4 Å². The summed E-state index contributed by atoms with van der Waals surface area (Å²) in [4.78, 5) is 0. The number of hydrogen-bond acceptors (Lipinski definition) is 2. The Morgan fingerprint density at radius 3 is 2.73 bits per heavy atom. The molecule has 0 bridgehead atoms. The molecule has 1 aliphatic rings. The monoisotopic (exact) mass is 209 g/mol. The van der Waals surface area contributed by atoms with E-state index in [1.165, 1.54) is 12.1 Å². The molecule has 1 aliphatic heterocycles. The Labute approximate surface area is 89.1 Å². The second kappa shape index (κ2) is 3.58. The van der Waals surface area contributed by atoms with Crippen LogP contribution in [-0.4, -0.2) is 16.7 Å². The highest BCUT2D eigenvalue weighted by Crippen LogP contribution is 2.32. The molecule has 3 heteroatoms. The zero-order valence-corrected chi connectivity index (χ0v) is 9.00. The molecule has 0 saturated carbocycles. The Balaban J connectivity index is 2.06. The first-order chi connectivity index (χ1) is 6.98. The van der Waals surface area contributed by atoms with E-state index < -0.39 is 6.10 Å². The highest BCUT2D eigenvalue weighted by atomic mass is 19.1. The molecule has 1 aromatic rings. The summed E-state index contributed by atoms with van der Waals surface area (Å²) in [7, 11) is 0. The maximum Gasteiger partial charge on any atom is 0.123 e. The molecule has 0 aromatic heterocycles. The average molecular weight is 209 g/mol. The van der Waals surface area contributed by atoms with Crippen molar-refractivity contribution >= 4 is 0 Å². The van der Waals surface area contributed by atoms with Crippen LogP contribution in [0, 0.1) is 5.82 Å². The van der Waals surface area contributed by atoms with Gasteiger partial charge in [0.25, 0.3) is 0 Å². The molecule has 1 saturated heterocycles. The van der Waals surface area contributed by atoms with Crippen molar-refractivity contribution in [2.75, 3.05) is 0 Å². The van der Waals surface area contributed by atoms with E-state index in [9.17, 15) is 9.50 Å². The highest BCUT2D eigenvalue weighted by molar-refractivity contribution is 5.22. The van der Waals surface area contributed by atoms with Gasteiger partial charge in [-0.25, -0.2) is 4.39 Å². The summed E-state index contributed by atoms with van der Waals surface area (Å²) in [6.45, 7) is 4.17. The summed E-state index contributed by atoms with van der Waals surface area (Å²) >= 11 is 0. The smallest absolute Gasteiger partial charge is 0.123 e. The van der Waals surface area contributed by atoms with E-state index in [1.807, 2.05) is 0 Å². The minimum absolute atomic E-state index is 0.0433. The number of aliphatic hydroxyl groups is 1. The van der Waals surface area contributed by atoms with Crippen molar-refractivity contribution in [3.8, 4) is 0 Å². The molecule has 0 spiro atoms. The molecule has 2 rings (SSSR count). The van der Waals surface area contributed by atoms with Gasteiger partial charge < -0.3 is 10.4 Å². The third-order valence-electron chi connectivity index (χ3n) is 2.88. The lowest BCUT2D eigenvalue weighted by atomic mass is 9.80. The molecule has 1 aromatic carbocycles. The maximum absolute atomic E-state index is 12.9. The normalized spacial score (nSPS) is 25.7. The second-order valence-electron chi connectivity index (χ2n) is 4.84. The molecule has 0 amide bonds. The van der Waals surface area contributed by atoms with Crippen LogP contribution in [0.5, 0.6) is 0 Å². The highest BCUT2D eigenvalue weighted by Gasteiger charge is 2.39. The van der Waals surface area contributed by atoms with E-state index in [0.29, 0.717) is 5.56 Å². The topological polar surface area (TPSA) is 32.3 Å². The summed E-state index contributed by atoms with van der Waals surface area (Å²) in [5.41, 5.74) is 0.738. The van der Waals surface area contributed by atoms with Crippen LogP contribution in [0.15, 0.2) is 24.3 Å². The number of benzene rings is 1. The van der Waals surface area contributed by atoms with Crippen molar-refractivity contribution in [2.45, 2.75) is 38.0 Å². The number of halogens is 1. The van der Waals surface area contributed by atoms with Crippen LogP contribution in [0.2, 0.25) is 0 Å². The summed E-state index contributed by atoms with van der Waals surface area (Å²) in [6, 6.07) is 6.19. The minimum Gasteiger partial charge on any atom is -0.387 e. The van der Waals surface area contributed by atoms with Crippen LogP contribution >= 0.6 is 0 Å². The Bertz CT molecular complexity index is 356. The first-order valence-corrected chi connectivity index (χ1v) is 5.19. The SMILES string of the molecule is CC1(C)C[C@H](C(O)c2cccc(F)c2)N1. The van der Waals surface area contributed by atoms with Crippen molar-refractivity contribution < 1.29 is 9.50 Å². The molecule has 1 heterocycles. The third-order valence-corrected chi connectivity index (χ3v) is 2.88. The van der Waals surface area contributed by atoms with E-state index in [4.69, 9.17) is 0 Å². The van der Waals surface area contributed by atoms with Crippen LogP contribution < -0.4 is 5.32 Å². The average Bonchev–Trinajstić information content (AvgIpc) is 2.13. The zero-order valence-electron chi connectivity index (χ0n) is 9.00. The number of hydrogen-bond donors (Lipinski definition) is 2. The fourth-order valence-corrected chi connectivity index (χ4v) is 2.14. The maximum atomic E-state index is 12.9. The molecule has 2 N–H and O–H groups in total. The molecule has 82 valence electrons. The van der Waals surface area contributed by atoms with Gasteiger partial charge in [0, 0.05) is 11.6 Å². The Morgan fingerprint density at radius 2 is 2.20 bits per heavy atom. The van der Waals surface area contributed by atoms with Gasteiger partial charge in [-0.3, -0.25) is 0 Å². The largest absolute Gasteiger partial charge is 0.387 e. The number of nitrogens with one attached hydrogen (secondary N) is 1. The molecule has 15 heavy (non-hydrogen) atoms. The van der Waals surface area contributed by atoms with Crippen LogP contribution in [0.3, 0.4) is 0 Å². The van der Waals surface area contributed by atoms with Crippen molar-refractivity contribution in [2.24, 2.45) is 0 Å². The first kappa shape index (κ1) is 10.6. The Hall–Kier alpha value is -0.930. The lowest BCUT2D eigenvalue weighted by Gasteiger charge is -2.46. The van der Waals surface area contributed by atoms with E-state index >= 15 is 0 Å². The van der Waals surface area contributed by atoms with Gasteiger partial charge in [-0.1, -0.05) is 12.1 Å². The van der Waals surface area contributed by atoms with Gasteiger partial charge in [-0.2, -0.15) is 0 Å². The summed E-state index contributed by atoms with van der Waals surface area (Å²) in [6.07, 6.45) is 0.290. The van der Waals surface area contributed by atoms with Gasteiger partial charge in [0.1, 0.15) is 5.82 Å². The molecular weight excluding hydrogens is 193 g/mol. The van der Waals surface area contributed by atoms with Gasteiger partial charge >= 0.3 is 0 Å². The van der Waals surface area contributed by atoms with Crippen LogP contribution in [0.25, 0.3) is 0 Å². The van der Waals surface area contributed by atoms with Crippen molar-refractivity contribution in [1.82, 2.24) is 5.32 Å². The predicted octanol–water partition coefficient (Wildman–Crippen LogP) is 2.00. The van der Waals surface area contributed by atoms with Gasteiger partial charge in [0.15, 0.2) is 0 Å².